The summed E-state index contributed by atoms with van der Waals surface area (Å²) in [7, 11) is 1.52. The SMILES string of the molecule is COc1ccc(CN2CCCCC[C@@H]2c2cccs2)cc1COCC(F)(F)F. The van der Waals surface area contributed by atoms with Crippen LogP contribution in [-0.2, 0) is 17.9 Å². The van der Waals surface area contributed by atoms with Gasteiger partial charge in [0.05, 0.1) is 13.7 Å². The number of alkyl halides is 3. The Morgan fingerprint density at radius 2 is 2.04 bits per heavy atom. The van der Waals surface area contributed by atoms with Gasteiger partial charge in [-0.15, -0.1) is 11.3 Å². The van der Waals surface area contributed by atoms with Crippen LogP contribution < -0.4 is 4.74 Å². The molecule has 2 heterocycles. The fourth-order valence-corrected chi connectivity index (χ4v) is 4.61. The van der Waals surface area contributed by atoms with Gasteiger partial charge in [-0.25, -0.2) is 0 Å². The summed E-state index contributed by atoms with van der Waals surface area (Å²) >= 11 is 1.79. The smallest absolute Gasteiger partial charge is 0.411 e. The Kier molecular flexibility index (Phi) is 7.37. The van der Waals surface area contributed by atoms with E-state index in [-0.39, 0.29) is 6.61 Å². The molecule has 1 saturated heterocycles. The third-order valence-electron chi connectivity index (χ3n) is 4.99. The van der Waals surface area contributed by atoms with Gasteiger partial charge in [-0.2, -0.15) is 13.2 Å². The van der Waals surface area contributed by atoms with Crippen LogP contribution in [0, 0.1) is 0 Å². The molecule has 3 rings (SSSR count). The molecule has 1 aliphatic rings. The van der Waals surface area contributed by atoms with Gasteiger partial charge in [-0.1, -0.05) is 25.0 Å². The standard InChI is InChI=1S/C21H26F3NO2S/c1-26-19-9-8-16(12-17(19)14-27-15-21(22,23)24)13-25-10-4-2-3-6-18(25)20-7-5-11-28-20/h5,7-9,11-12,18H,2-4,6,10,13-15H2,1H3/t18-/m1/s1. The average Bonchev–Trinajstić information content (AvgIpc) is 3.08. The fraction of sp³-hybridized carbons (Fsp3) is 0.524. The van der Waals surface area contributed by atoms with Crippen molar-refractivity contribution in [2.75, 3.05) is 20.3 Å². The molecule has 154 valence electrons. The number of halogens is 3. The molecule has 3 nitrogen and oxygen atoms in total. The maximum atomic E-state index is 12.4. The van der Waals surface area contributed by atoms with Crippen LogP contribution in [0.4, 0.5) is 13.2 Å². The summed E-state index contributed by atoms with van der Waals surface area (Å²) in [5.74, 6) is 0.552. The topological polar surface area (TPSA) is 21.7 Å². The van der Waals surface area contributed by atoms with Gasteiger partial charge in [0.25, 0.3) is 0 Å². The van der Waals surface area contributed by atoms with E-state index in [4.69, 9.17) is 9.47 Å². The summed E-state index contributed by atoms with van der Waals surface area (Å²) in [5, 5.41) is 2.11. The number of hydrogen-bond donors (Lipinski definition) is 0. The number of ether oxygens (including phenoxy) is 2. The normalized spacial score (nSPS) is 18.8. The Bertz CT molecular complexity index is 734. The Morgan fingerprint density at radius 3 is 2.75 bits per heavy atom. The van der Waals surface area contributed by atoms with Crippen LogP contribution in [0.1, 0.15) is 47.7 Å². The van der Waals surface area contributed by atoms with Crippen LogP contribution in [0.25, 0.3) is 0 Å². The second kappa shape index (κ2) is 9.76. The van der Waals surface area contributed by atoms with Crippen LogP contribution >= 0.6 is 11.3 Å². The van der Waals surface area contributed by atoms with Crippen molar-refractivity contribution in [3.63, 3.8) is 0 Å². The van der Waals surface area contributed by atoms with Gasteiger partial charge in [0.1, 0.15) is 12.4 Å². The number of rotatable bonds is 7. The van der Waals surface area contributed by atoms with Crippen molar-refractivity contribution in [3.05, 3.63) is 51.7 Å². The zero-order chi connectivity index (χ0) is 20.0. The molecule has 0 amide bonds. The number of nitrogens with zero attached hydrogens (tertiary/aromatic N) is 1. The summed E-state index contributed by atoms with van der Waals surface area (Å²) in [6, 6.07) is 10.4. The van der Waals surface area contributed by atoms with Crippen LogP contribution in [0.5, 0.6) is 5.75 Å². The molecule has 0 saturated carbocycles. The molecule has 0 spiro atoms. The molecule has 0 N–H and O–H groups in total. The molecule has 7 heteroatoms. The lowest BCUT2D eigenvalue weighted by Crippen LogP contribution is -2.27. The summed E-state index contributed by atoms with van der Waals surface area (Å²) in [6.45, 7) is 0.408. The van der Waals surface area contributed by atoms with E-state index in [0.717, 1.165) is 25.1 Å². The number of benzene rings is 1. The van der Waals surface area contributed by atoms with Crippen LogP contribution in [-0.4, -0.2) is 31.3 Å². The molecule has 0 radical (unpaired) electrons. The molecule has 2 aromatic rings. The first-order valence-corrected chi connectivity index (χ1v) is 10.4. The third-order valence-corrected chi connectivity index (χ3v) is 5.96. The number of thiophene rings is 1. The molecule has 0 bridgehead atoms. The van der Waals surface area contributed by atoms with E-state index in [1.165, 1.54) is 31.2 Å². The van der Waals surface area contributed by atoms with E-state index < -0.39 is 12.8 Å². The first-order valence-electron chi connectivity index (χ1n) is 9.54. The number of methoxy groups -OCH3 is 1. The molecule has 1 aliphatic heterocycles. The number of likely N-dealkylation sites (tertiary alicyclic amines) is 1. The highest BCUT2D eigenvalue weighted by molar-refractivity contribution is 7.10. The zero-order valence-electron chi connectivity index (χ0n) is 16.0. The van der Waals surface area contributed by atoms with Gasteiger partial charge in [-0.05, 0) is 48.5 Å². The molecule has 1 aromatic carbocycles. The second-order valence-corrected chi connectivity index (χ2v) is 8.08. The van der Waals surface area contributed by atoms with E-state index in [2.05, 4.69) is 22.4 Å². The molecular formula is C21H26F3NO2S. The quantitative estimate of drug-likeness (QED) is 0.560. The Hall–Kier alpha value is -1.57. The van der Waals surface area contributed by atoms with E-state index in [1.807, 2.05) is 18.2 Å². The molecule has 0 aliphatic carbocycles. The molecular weight excluding hydrogens is 387 g/mol. The van der Waals surface area contributed by atoms with Crippen molar-refractivity contribution in [3.8, 4) is 5.75 Å². The fourth-order valence-electron chi connectivity index (χ4n) is 3.71. The maximum Gasteiger partial charge on any atom is 0.411 e. The van der Waals surface area contributed by atoms with E-state index >= 15 is 0 Å². The van der Waals surface area contributed by atoms with Crippen LogP contribution in [0.15, 0.2) is 35.7 Å². The van der Waals surface area contributed by atoms with Crippen molar-refractivity contribution >= 4 is 11.3 Å². The second-order valence-electron chi connectivity index (χ2n) is 7.11. The van der Waals surface area contributed by atoms with E-state index in [1.54, 1.807) is 11.3 Å². The minimum Gasteiger partial charge on any atom is -0.496 e. The summed E-state index contributed by atoms with van der Waals surface area (Å²) in [5.41, 5.74) is 1.71. The van der Waals surface area contributed by atoms with Gasteiger partial charge in [0.2, 0.25) is 0 Å². The summed E-state index contributed by atoms with van der Waals surface area (Å²) in [6.07, 6.45) is 0.429. The minimum absolute atomic E-state index is 0.120. The highest BCUT2D eigenvalue weighted by Crippen LogP contribution is 2.34. The molecule has 28 heavy (non-hydrogen) atoms. The maximum absolute atomic E-state index is 12.4. The first kappa shape index (κ1) is 21.1. The van der Waals surface area contributed by atoms with Crippen LogP contribution in [0.2, 0.25) is 0 Å². The molecule has 1 atom stereocenters. The predicted octanol–water partition coefficient (Wildman–Crippen LogP) is 5.95. The van der Waals surface area contributed by atoms with Gasteiger partial charge < -0.3 is 9.47 Å². The van der Waals surface area contributed by atoms with Crippen molar-refractivity contribution < 1.29 is 22.6 Å². The zero-order valence-corrected chi connectivity index (χ0v) is 16.8. The minimum atomic E-state index is -4.33. The van der Waals surface area contributed by atoms with Crippen molar-refractivity contribution in [2.24, 2.45) is 0 Å². The highest BCUT2D eigenvalue weighted by atomic mass is 32.1. The highest BCUT2D eigenvalue weighted by Gasteiger charge is 2.28. The van der Waals surface area contributed by atoms with E-state index in [0.29, 0.717) is 17.4 Å². The lowest BCUT2D eigenvalue weighted by Gasteiger charge is -2.29. The monoisotopic (exact) mass is 413 g/mol. The first-order chi connectivity index (χ1) is 13.5. The van der Waals surface area contributed by atoms with Crippen LogP contribution in [0.3, 0.4) is 0 Å². The van der Waals surface area contributed by atoms with Crippen molar-refractivity contribution in [2.45, 2.75) is 51.1 Å². The van der Waals surface area contributed by atoms with Gasteiger partial charge in [-0.3, -0.25) is 4.90 Å². The Morgan fingerprint density at radius 1 is 1.18 bits per heavy atom. The van der Waals surface area contributed by atoms with Crippen molar-refractivity contribution in [1.82, 2.24) is 4.90 Å². The van der Waals surface area contributed by atoms with E-state index in [9.17, 15) is 13.2 Å². The lowest BCUT2D eigenvalue weighted by atomic mass is 10.1. The predicted molar refractivity (Wildman–Crippen MR) is 105 cm³/mol. The summed E-state index contributed by atoms with van der Waals surface area (Å²) < 4.78 is 47.3. The molecule has 1 fully saturated rings. The molecule has 0 unspecified atom stereocenters. The van der Waals surface area contributed by atoms with Gasteiger partial charge in [0, 0.05) is 23.0 Å². The third kappa shape index (κ3) is 5.96. The Labute approximate surface area is 168 Å². The average molecular weight is 414 g/mol. The summed E-state index contributed by atoms with van der Waals surface area (Å²) in [4.78, 5) is 3.87. The van der Waals surface area contributed by atoms with Crippen molar-refractivity contribution in [1.29, 1.82) is 0 Å². The Balaban J connectivity index is 1.73. The van der Waals surface area contributed by atoms with Gasteiger partial charge in [0.15, 0.2) is 0 Å². The molecule has 1 aromatic heterocycles. The lowest BCUT2D eigenvalue weighted by molar-refractivity contribution is -0.176. The largest absolute Gasteiger partial charge is 0.496 e. The van der Waals surface area contributed by atoms with Gasteiger partial charge >= 0.3 is 6.18 Å². The number of hydrogen-bond acceptors (Lipinski definition) is 4.